The number of fused-ring (bicyclic) bond motifs is 1. The molecule has 0 fully saturated rings. The molecule has 0 spiro atoms. The minimum atomic E-state index is -0.964. The molecule has 96 valence electrons. The summed E-state index contributed by atoms with van der Waals surface area (Å²) < 4.78 is 32.9. The van der Waals surface area contributed by atoms with E-state index in [1.54, 1.807) is 0 Å². The van der Waals surface area contributed by atoms with Gasteiger partial charge >= 0.3 is 6.09 Å². The lowest BCUT2D eigenvalue weighted by molar-refractivity contribution is 0.149. The topological polar surface area (TPSA) is 51.5 Å². The summed E-state index contributed by atoms with van der Waals surface area (Å²) in [5, 5.41) is 8.98. The van der Waals surface area contributed by atoms with Gasteiger partial charge in [0.05, 0.1) is 12.1 Å². The highest BCUT2D eigenvalue weighted by atomic mass is 19.1. The van der Waals surface area contributed by atoms with Gasteiger partial charge in [0.25, 0.3) is 0 Å². The first-order chi connectivity index (χ1) is 8.56. The van der Waals surface area contributed by atoms with Crippen LogP contribution in [0.15, 0.2) is 18.3 Å². The molecule has 0 saturated carbocycles. The third-order valence-corrected chi connectivity index (χ3v) is 2.46. The van der Waals surface area contributed by atoms with Gasteiger partial charge in [-0.25, -0.2) is 18.1 Å². The average molecular weight is 255 g/mol. The maximum Gasteiger partial charge on any atom is 0.418 e. The molecule has 0 bridgehead atoms. The second-order valence-electron chi connectivity index (χ2n) is 3.75. The number of ether oxygens (including phenoxy) is 1. The highest BCUT2D eigenvalue weighted by Crippen LogP contribution is 2.29. The van der Waals surface area contributed by atoms with Crippen molar-refractivity contribution in [1.82, 2.24) is 4.57 Å². The monoisotopic (exact) mass is 255 g/mol. The van der Waals surface area contributed by atoms with Crippen LogP contribution in [0.5, 0.6) is 5.75 Å². The zero-order valence-corrected chi connectivity index (χ0v) is 9.61. The Morgan fingerprint density at radius 1 is 1.50 bits per heavy atom. The van der Waals surface area contributed by atoms with Crippen LogP contribution < -0.4 is 0 Å². The third kappa shape index (κ3) is 1.90. The van der Waals surface area contributed by atoms with Gasteiger partial charge < -0.3 is 9.84 Å². The van der Waals surface area contributed by atoms with Gasteiger partial charge in [-0.1, -0.05) is 6.92 Å². The molecule has 0 amide bonds. The van der Waals surface area contributed by atoms with Gasteiger partial charge in [-0.2, -0.15) is 0 Å². The Balaban J connectivity index is 2.54. The molecule has 0 aliphatic rings. The number of halogens is 2. The molecule has 0 unspecified atom stereocenters. The van der Waals surface area contributed by atoms with Crippen molar-refractivity contribution in [3.05, 3.63) is 30.0 Å². The minimum Gasteiger partial charge on any atom is -0.505 e. The van der Waals surface area contributed by atoms with Crippen molar-refractivity contribution in [2.45, 2.75) is 13.3 Å². The van der Waals surface area contributed by atoms with Crippen LogP contribution >= 0.6 is 0 Å². The summed E-state index contributed by atoms with van der Waals surface area (Å²) in [6.45, 7) is 2.01. The highest BCUT2D eigenvalue weighted by molar-refractivity contribution is 5.91. The fourth-order valence-corrected chi connectivity index (χ4v) is 1.65. The second-order valence-corrected chi connectivity index (χ2v) is 3.75. The van der Waals surface area contributed by atoms with E-state index in [4.69, 9.17) is 9.84 Å². The molecule has 0 saturated heterocycles. The largest absolute Gasteiger partial charge is 0.505 e. The van der Waals surface area contributed by atoms with Crippen LogP contribution in [-0.2, 0) is 4.74 Å². The number of aromatic hydroxyl groups is 1. The number of rotatable bonds is 2. The Kier molecular flexibility index (Phi) is 3.18. The molecule has 6 heteroatoms. The Labute approximate surface area is 101 Å². The van der Waals surface area contributed by atoms with Gasteiger partial charge in [0.1, 0.15) is 0 Å². The number of phenolic OH excluding ortho intramolecular Hbond substituents is 1. The first kappa shape index (κ1) is 12.3. The SMILES string of the molecule is CCCOC(=O)n1ccc2c(F)c(O)cc(F)c21. The van der Waals surface area contributed by atoms with E-state index < -0.39 is 23.5 Å². The van der Waals surface area contributed by atoms with Crippen LogP contribution in [0.4, 0.5) is 13.6 Å². The van der Waals surface area contributed by atoms with E-state index >= 15 is 0 Å². The lowest BCUT2D eigenvalue weighted by Crippen LogP contribution is -2.13. The van der Waals surface area contributed by atoms with Crippen molar-refractivity contribution in [2.75, 3.05) is 6.61 Å². The maximum atomic E-state index is 13.6. The summed E-state index contributed by atoms with van der Waals surface area (Å²) in [5.74, 6) is -2.64. The number of benzene rings is 1. The average Bonchev–Trinajstić information content (AvgIpc) is 2.78. The van der Waals surface area contributed by atoms with Gasteiger partial charge in [-0.15, -0.1) is 0 Å². The lowest BCUT2D eigenvalue weighted by atomic mass is 10.2. The minimum absolute atomic E-state index is 0.166. The Morgan fingerprint density at radius 2 is 2.22 bits per heavy atom. The number of carbonyl (C=O) groups is 1. The van der Waals surface area contributed by atoms with Crippen molar-refractivity contribution < 1.29 is 23.4 Å². The predicted octanol–water partition coefficient (Wildman–Crippen LogP) is 3.02. The van der Waals surface area contributed by atoms with Crippen LogP contribution in [-0.4, -0.2) is 22.4 Å². The van der Waals surface area contributed by atoms with E-state index in [0.29, 0.717) is 12.5 Å². The van der Waals surface area contributed by atoms with Crippen molar-refractivity contribution in [2.24, 2.45) is 0 Å². The van der Waals surface area contributed by atoms with Crippen molar-refractivity contribution in [1.29, 1.82) is 0 Å². The van der Waals surface area contributed by atoms with E-state index in [1.807, 2.05) is 6.92 Å². The third-order valence-electron chi connectivity index (χ3n) is 2.46. The number of hydrogen-bond donors (Lipinski definition) is 1. The van der Waals surface area contributed by atoms with Gasteiger partial charge in [0, 0.05) is 17.6 Å². The number of nitrogens with zero attached hydrogens (tertiary/aromatic N) is 1. The first-order valence-corrected chi connectivity index (χ1v) is 5.41. The van der Waals surface area contributed by atoms with Crippen molar-refractivity contribution in [3.8, 4) is 5.75 Å². The number of phenols is 1. The Bertz CT molecular complexity index is 607. The number of aromatic nitrogens is 1. The quantitative estimate of drug-likeness (QED) is 0.897. The Hall–Kier alpha value is -2.11. The summed E-state index contributed by atoms with van der Waals surface area (Å²) >= 11 is 0. The molecule has 18 heavy (non-hydrogen) atoms. The molecular formula is C12H11F2NO3. The summed E-state index contributed by atoms with van der Waals surface area (Å²) in [5.41, 5.74) is -0.244. The molecule has 2 rings (SSSR count). The zero-order valence-electron chi connectivity index (χ0n) is 9.61. The molecule has 0 radical (unpaired) electrons. The lowest BCUT2D eigenvalue weighted by Gasteiger charge is -2.06. The molecule has 0 aliphatic heterocycles. The second kappa shape index (κ2) is 4.64. The molecule has 4 nitrogen and oxygen atoms in total. The van der Waals surface area contributed by atoms with E-state index in [1.165, 1.54) is 12.3 Å². The van der Waals surface area contributed by atoms with Gasteiger partial charge in [-0.3, -0.25) is 0 Å². The number of hydrogen-bond acceptors (Lipinski definition) is 3. The summed E-state index contributed by atoms with van der Waals surface area (Å²) in [7, 11) is 0. The van der Waals surface area contributed by atoms with Crippen LogP contribution in [0.3, 0.4) is 0 Å². The fourth-order valence-electron chi connectivity index (χ4n) is 1.65. The normalized spacial score (nSPS) is 10.8. The fraction of sp³-hybridized carbons (Fsp3) is 0.250. The zero-order chi connectivity index (χ0) is 13.3. The summed E-state index contributed by atoms with van der Waals surface area (Å²) in [6.07, 6.45) is 1.05. The standard InChI is InChI=1S/C12H11F2NO3/c1-2-5-18-12(17)15-4-3-7-10(14)9(16)6-8(13)11(7)15/h3-4,6,16H,2,5H2,1H3. The maximum absolute atomic E-state index is 13.6. The smallest absolute Gasteiger partial charge is 0.418 e. The van der Waals surface area contributed by atoms with E-state index in [-0.39, 0.29) is 17.5 Å². The van der Waals surface area contributed by atoms with Gasteiger partial charge in [-0.05, 0) is 12.5 Å². The van der Waals surface area contributed by atoms with Crippen molar-refractivity contribution >= 4 is 17.0 Å². The van der Waals surface area contributed by atoms with E-state index in [2.05, 4.69) is 0 Å². The van der Waals surface area contributed by atoms with E-state index in [9.17, 15) is 13.6 Å². The molecule has 1 aromatic carbocycles. The summed E-state index contributed by atoms with van der Waals surface area (Å²) in [6, 6.07) is 1.84. The molecular weight excluding hydrogens is 244 g/mol. The van der Waals surface area contributed by atoms with Gasteiger partial charge in [0.2, 0.25) is 0 Å². The van der Waals surface area contributed by atoms with Crippen LogP contribution in [0.2, 0.25) is 0 Å². The van der Waals surface area contributed by atoms with Crippen LogP contribution in [0.25, 0.3) is 10.9 Å². The van der Waals surface area contributed by atoms with Crippen LogP contribution in [0.1, 0.15) is 13.3 Å². The first-order valence-electron chi connectivity index (χ1n) is 5.41. The molecule has 2 aromatic rings. The van der Waals surface area contributed by atoms with E-state index in [0.717, 1.165) is 4.57 Å². The predicted molar refractivity (Wildman–Crippen MR) is 60.6 cm³/mol. The molecule has 0 aliphatic carbocycles. The molecule has 1 aromatic heterocycles. The van der Waals surface area contributed by atoms with Crippen LogP contribution in [0, 0.1) is 11.6 Å². The molecule has 1 N–H and O–H groups in total. The molecule has 1 heterocycles. The Morgan fingerprint density at radius 3 is 2.89 bits per heavy atom. The molecule has 0 atom stereocenters. The highest BCUT2D eigenvalue weighted by Gasteiger charge is 2.18. The summed E-state index contributed by atoms with van der Waals surface area (Å²) in [4.78, 5) is 11.6. The number of carbonyl (C=O) groups excluding carboxylic acids is 1. The van der Waals surface area contributed by atoms with Crippen molar-refractivity contribution in [3.63, 3.8) is 0 Å². The van der Waals surface area contributed by atoms with Gasteiger partial charge in [0.15, 0.2) is 17.4 Å².